The lowest BCUT2D eigenvalue weighted by molar-refractivity contribution is 0.414. The molecule has 2 heterocycles. The van der Waals surface area contributed by atoms with Gasteiger partial charge in [0, 0.05) is 10.9 Å². The van der Waals surface area contributed by atoms with Crippen molar-refractivity contribution >= 4 is 27.4 Å². The molecule has 0 aliphatic heterocycles. The van der Waals surface area contributed by atoms with Crippen molar-refractivity contribution in [1.82, 2.24) is 9.97 Å². The number of hydrogen-bond acceptors (Lipinski definition) is 6. The minimum atomic E-state index is 0.141. The summed E-state index contributed by atoms with van der Waals surface area (Å²) in [5.74, 6) is 2.55. The van der Waals surface area contributed by atoms with Gasteiger partial charge in [-0.3, -0.25) is 0 Å². The van der Waals surface area contributed by atoms with Gasteiger partial charge in [-0.15, -0.1) is 11.3 Å². The van der Waals surface area contributed by atoms with Crippen LogP contribution in [0.3, 0.4) is 0 Å². The van der Waals surface area contributed by atoms with Gasteiger partial charge in [0.15, 0.2) is 0 Å². The predicted molar refractivity (Wildman–Crippen MR) is 119 cm³/mol. The van der Waals surface area contributed by atoms with Crippen LogP contribution < -0.4 is 14.8 Å². The van der Waals surface area contributed by atoms with Crippen LogP contribution in [-0.2, 0) is 0 Å². The number of nitrogens with zero attached hydrogens (tertiary/aromatic N) is 2. The first-order valence-electron chi connectivity index (χ1n) is 9.50. The Morgan fingerprint density at radius 1 is 0.931 bits per heavy atom. The number of rotatable bonds is 7. The van der Waals surface area contributed by atoms with Gasteiger partial charge in [-0.05, 0) is 41.8 Å². The third kappa shape index (κ3) is 3.89. The second kappa shape index (κ2) is 8.49. The third-order valence-electron chi connectivity index (χ3n) is 5.01. The zero-order valence-electron chi connectivity index (χ0n) is 16.7. The number of fused-ring (bicyclic) bond motifs is 1. The molecule has 0 aliphatic rings. The summed E-state index contributed by atoms with van der Waals surface area (Å²) in [5.41, 5.74) is 3.44. The zero-order chi connectivity index (χ0) is 20.2. The molecule has 4 rings (SSSR count). The molecule has 0 bridgehead atoms. The molecule has 1 N–H and O–H groups in total. The molecule has 0 saturated heterocycles. The van der Waals surface area contributed by atoms with Crippen molar-refractivity contribution < 1.29 is 9.47 Å². The van der Waals surface area contributed by atoms with Crippen LogP contribution in [0, 0.1) is 0 Å². The highest BCUT2D eigenvalue weighted by Gasteiger charge is 2.17. The van der Waals surface area contributed by atoms with Crippen LogP contribution in [0.4, 0.5) is 5.82 Å². The molecule has 0 aliphatic carbocycles. The van der Waals surface area contributed by atoms with E-state index in [9.17, 15) is 0 Å². The summed E-state index contributed by atoms with van der Waals surface area (Å²) >= 11 is 1.63. The van der Waals surface area contributed by atoms with Crippen LogP contribution in [0.1, 0.15) is 24.9 Å². The molecule has 0 radical (unpaired) electrons. The fourth-order valence-corrected chi connectivity index (χ4v) is 4.31. The first-order valence-corrected chi connectivity index (χ1v) is 10.4. The van der Waals surface area contributed by atoms with E-state index < -0.39 is 0 Å². The van der Waals surface area contributed by atoms with Crippen molar-refractivity contribution in [2.75, 3.05) is 19.5 Å². The number of methoxy groups -OCH3 is 2. The summed E-state index contributed by atoms with van der Waals surface area (Å²) in [6.07, 6.45) is 2.56. The van der Waals surface area contributed by atoms with Crippen LogP contribution in [0.15, 0.2) is 60.2 Å². The Kier molecular flexibility index (Phi) is 5.62. The third-order valence-corrected chi connectivity index (χ3v) is 5.89. The summed E-state index contributed by atoms with van der Waals surface area (Å²) in [5, 5.41) is 6.82. The van der Waals surface area contributed by atoms with Crippen LogP contribution in [0.5, 0.6) is 11.5 Å². The number of aromatic nitrogens is 2. The molecular weight excluding hydrogens is 382 g/mol. The summed E-state index contributed by atoms with van der Waals surface area (Å²) in [7, 11) is 3.36. The average molecular weight is 406 g/mol. The Morgan fingerprint density at radius 3 is 2.21 bits per heavy atom. The summed E-state index contributed by atoms with van der Waals surface area (Å²) in [4.78, 5) is 10.0. The number of ether oxygens (including phenoxy) is 2. The number of thiophene rings is 1. The van der Waals surface area contributed by atoms with Gasteiger partial charge in [0.25, 0.3) is 0 Å². The summed E-state index contributed by atoms with van der Waals surface area (Å²) in [6, 6.07) is 16.4. The molecule has 148 valence electrons. The lowest BCUT2D eigenvalue weighted by Crippen LogP contribution is -2.11. The summed E-state index contributed by atoms with van der Waals surface area (Å²) in [6.45, 7) is 2.16. The fourth-order valence-electron chi connectivity index (χ4n) is 3.39. The summed E-state index contributed by atoms with van der Waals surface area (Å²) < 4.78 is 10.6. The van der Waals surface area contributed by atoms with E-state index in [0.29, 0.717) is 0 Å². The minimum Gasteiger partial charge on any atom is -0.497 e. The number of benzene rings is 2. The van der Waals surface area contributed by atoms with Crippen LogP contribution in [-0.4, -0.2) is 24.2 Å². The highest BCUT2D eigenvalue weighted by molar-refractivity contribution is 7.17. The molecule has 4 aromatic rings. The van der Waals surface area contributed by atoms with E-state index in [1.165, 1.54) is 5.56 Å². The Hall–Kier alpha value is -3.12. The molecule has 29 heavy (non-hydrogen) atoms. The molecule has 1 unspecified atom stereocenters. The maximum absolute atomic E-state index is 5.29. The van der Waals surface area contributed by atoms with Crippen molar-refractivity contribution in [1.29, 1.82) is 0 Å². The van der Waals surface area contributed by atoms with E-state index in [1.54, 1.807) is 31.9 Å². The van der Waals surface area contributed by atoms with E-state index in [4.69, 9.17) is 9.47 Å². The Bertz CT molecular complexity index is 1090. The first-order chi connectivity index (χ1) is 14.2. The standard InChI is InChI=1S/C23H23N3O2S/c1-4-20(16-7-11-18(28-3)12-8-16)26-22-21-19(13-29-23(21)25-14-24-22)15-5-9-17(27-2)10-6-15/h5-14,20H,4H2,1-3H3,(H,24,25,26). The number of hydrogen-bond donors (Lipinski definition) is 1. The van der Waals surface area contributed by atoms with E-state index in [1.807, 2.05) is 24.3 Å². The molecule has 0 saturated carbocycles. The lowest BCUT2D eigenvalue weighted by atomic mass is 10.0. The van der Waals surface area contributed by atoms with Crippen LogP contribution in [0.25, 0.3) is 21.3 Å². The number of nitrogens with one attached hydrogen (secondary N) is 1. The van der Waals surface area contributed by atoms with Crippen LogP contribution in [0.2, 0.25) is 0 Å². The number of anilines is 1. The minimum absolute atomic E-state index is 0.141. The van der Waals surface area contributed by atoms with Crippen molar-refractivity contribution in [2.24, 2.45) is 0 Å². The van der Waals surface area contributed by atoms with Crippen LogP contribution >= 0.6 is 11.3 Å². The van der Waals surface area contributed by atoms with Gasteiger partial charge in [0.05, 0.1) is 25.6 Å². The molecular formula is C23H23N3O2S. The molecule has 1 atom stereocenters. The van der Waals surface area contributed by atoms with Gasteiger partial charge in [-0.25, -0.2) is 9.97 Å². The van der Waals surface area contributed by atoms with E-state index >= 15 is 0 Å². The van der Waals surface area contributed by atoms with Crippen molar-refractivity contribution in [3.63, 3.8) is 0 Å². The van der Waals surface area contributed by atoms with E-state index in [0.717, 1.165) is 45.1 Å². The topological polar surface area (TPSA) is 56.3 Å². The van der Waals surface area contributed by atoms with Crippen molar-refractivity contribution in [3.8, 4) is 22.6 Å². The van der Waals surface area contributed by atoms with Crippen molar-refractivity contribution in [3.05, 3.63) is 65.8 Å². The molecule has 0 spiro atoms. The maximum atomic E-state index is 5.29. The zero-order valence-corrected chi connectivity index (χ0v) is 17.5. The fraction of sp³-hybridized carbons (Fsp3) is 0.217. The first kappa shape index (κ1) is 19.2. The monoisotopic (exact) mass is 405 g/mol. The molecule has 0 amide bonds. The van der Waals surface area contributed by atoms with Gasteiger partial charge in [0.1, 0.15) is 28.5 Å². The Balaban J connectivity index is 1.71. The second-order valence-electron chi connectivity index (χ2n) is 6.66. The van der Waals surface area contributed by atoms with Gasteiger partial charge < -0.3 is 14.8 Å². The average Bonchev–Trinajstić information content (AvgIpc) is 3.22. The SMILES string of the molecule is CCC(Nc1ncnc2scc(-c3ccc(OC)cc3)c12)c1ccc(OC)cc1. The predicted octanol–water partition coefficient (Wildman–Crippen LogP) is 5.94. The van der Waals surface area contributed by atoms with E-state index in [-0.39, 0.29) is 6.04 Å². The van der Waals surface area contributed by atoms with Gasteiger partial charge in [0.2, 0.25) is 0 Å². The smallest absolute Gasteiger partial charge is 0.139 e. The van der Waals surface area contributed by atoms with Gasteiger partial charge in [-0.2, -0.15) is 0 Å². The highest BCUT2D eigenvalue weighted by atomic mass is 32.1. The largest absolute Gasteiger partial charge is 0.497 e. The molecule has 6 heteroatoms. The molecule has 2 aromatic carbocycles. The quantitative estimate of drug-likeness (QED) is 0.412. The van der Waals surface area contributed by atoms with E-state index in [2.05, 4.69) is 51.9 Å². The Labute approximate surface area is 174 Å². The van der Waals surface area contributed by atoms with Crippen molar-refractivity contribution in [2.45, 2.75) is 19.4 Å². The Morgan fingerprint density at radius 2 is 1.59 bits per heavy atom. The maximum Gasteiger partial charge on any atom is 0.139 e. The molecule has 5 nitrogen and oxygen atoms in total. The lowest BCUT2D eigenvalue weighted by Gasteiger charge is -2.19. The van der Waals surface area contributed by atoms with Gasteiger partial charge in [-0.1, -0.05) is 31.2 Å². The molecule has 2 aromatic heterocycles. The normalized spacial score (nSPS) is 12.0. The second-order valence-corrected chi connectivity index (χ2v) is 7.52. The van der Waals surface area contributed by atoms with Gasteiger partial charge >= 0.3 is 0 Å². The molecule has 0 fully saturated rings. The highest BCUT2D eigenvalue weighted by Crippen LogP contribution is 2.38.